The zero-order chi connectivity index (χ0) is 30.5. The third-order valence-corrected chi connectivity index (χ3v) is 9.07. The fourth-order valence-corrected chi connectivity index (χ4v) is 7.01. The second-order valence-corrected chi connectivity index (χ2v) is 11.7. The highest BCUT2D eigenvalue weighted by Gasteiger charge is 2.49. The standard InChI is InChI=1S/C42H28N4/c1-5-15-29(16-6-1)36-28-37(30-17-7-2-8-18-30)44-40(43-36)31-25-26-38-34(27-31)42(32-19-9-3-10-20-32,33-21-11-4-12-22-33)41-45-35-23-13-14-24-39(35)46(38)41/h1-28H. The lowest BCUT2D eigenvalue weighted by Gasteiger charge is -2.31. The largest absolute Gasteiger partial charge is 0.295 e. The van der Waals surface area contributed by atoms with E-state index in [4.69, 9.17) is 15.0 Å². The van der Waals surface area contributed by atoms with Gasteiger partial charge in [0, 0.05) is 16.7 Å². The average Bonchev–Trinajstić information content (AvgIpc) is 3.66. The highest BCUT2D eigenvalue weighted by molar-refractivity contribution is 5.85. The Morgan fingerprint density at radius 2 is 0.957 bits per heavy atom. The average molecular weight is 589 g/mol. The quantitative estimate of drug-likeness (QED) is 0.201. The Kier molecular flexibility index (Phi) is 6.00. The molecule has 9 rings (SSSR count). The number of hydrogen-bond donors (Lipinski definition) is 0. The van der Waals surface area contributed by atoms with Gasteiger partial charge in [0.15, 0.2) is 5.82 Å². The van der Waals surface area contributed by atoms with Crippen LogP contribution in [0, 0.1) is 0 Å². The number of benzene rings is 6. The van der Waals surface area contributed by atoms with Crippen LogP contribution in [0.2, 0.25) is 0 Å². The van der Waals surface area contributed by atoms with Gasteiger partial charge in [-0.15, -0.1) is 0 Å². The maximum absolute atomic E-state index is 5.36. The monoisotopic (exact) mass is 588 g/mol. The van der Waals surface area contributed by atoms with E-state index in [0.717, 1.165) is 67.3 Å². The van der Waals surface area contributed by atoms with Gasteiger partial charge in [0.2, 0.25) is 0 Å². The number of nitrogens with zero attached hydrogens (tertiary/aromatic N) is 4. The van der Waals surface area contributed by atoms with Gasteiger partial charge in [-0.1, -0.05) is 133 Å². The lowest BCUT2D eigenvalue weighted by molar-refractivity contribution is 0.718. The summed E-state index contributed by atoms with van der Waals surface area (Å²) in [5.41, 5.74) is 10.9. The predicted octanol–water partition coefficient (Wildman–Crippen LogP) is 9.51. The first-order valence-electron chi connectivity index (χ1n) is 15.5. The summed E-state index contributed by atoms with van der Waals surface area (Å²) < 4.78 is 2.34. The SMILES string of the molecule is c1ccc(-c2cc(-c3ccccc3)nc(-c3ccc4c(c3)C(c3ccccc3)(c3ccccc3)c3nc5ccccc5n3-4)n2)cc1. The van der Waals surface area contributed by atoms with E-state index in [1.807, 2.05) is 12.1 Å². The third-order valence-electron chi connectivity index (χ3n) is 9.07. The predicted molar refractivity (Wildman–Crippen MR) is 185 cm³/mol. The Balaban J connectivity index is 1.35. The molecule has 2 aromatic heterocycles. The van der Waals surface area contributed by atoms with Crippen molar-refractivity contribution >= 4 is 11.0 Å². The number of hydrogen-bond acceptors (Lipinski definition) is 3. The third kappa shape index (κ3) is 3.97. The summed E-state index contributed by atoms with van der Waals surface area (Å²) >= 11 is 0. The molecular formula is C42H28N4. The van der Waals surface area contributed by atoms with Crippen molar-refractivity contribution < 1.29 is 0 Å². The van der Waals surface area contributed by atoms with Crippen LogP contribution in [-0.4, -0.2) is 19.5 Å². The van der Waals surface area contributed by atoms with Crippen molar-refractivity contribution in [1.82, 2.24) is 19.5 Å². The van der Waals surface area contributed by atoms with E-state index in [9.17, 15) is 0 Å². The van der Waals surface area contributed by atoms with Crippen LogP contribution >= 0.6 is 0 Å². The number of fused-ring (bicyclic) bond motifs is 5. The lowest BCUT2D eigenvalue weighted by atomic mass is 9.69. The Bertz CT molecular complexity index is 2250. The Labute approximate surface area is 267 Å². The van der Waals surface area contributed by atoms with Crippen LogP contribution in [0.15, 0.2) is 170 Å². The van der Waals surface area contributed by atoms with Crippen LogP contribution in [0.25, 0.3) is 50.6 Å². The minimum atomic E-state index is -0.647. The summed E-state index contributed by atoms with van der Waals surface area (Å²) in [6, 6.07) is 59.3. The molecule has 0 N–H and O–H groups in total. The highest BCUT2D eigenvalue weighted by Crippen LogP contribution is 2.53. The Morgan fingerprint density at radius 3 is 1.54 bits per heavy atom. The first-order chi connectivity index (χ1) is 22.8. The summed E-state index contributed by atoms with van der Waals surface area (Å²) in [6.07, 6.45) is 0. The summed E-state index contributed by atoms with van der Waals surface area (Å²) in [4.78, 5) is 15.7. The van der Waals surface area contributed by atoms with Gasteiger partial charge < -0.3 is 0 Å². The normalized spacial score (nSPS) is 13.0. The van der Waals surface area contributed by atoms with E-state index in [1.54, 1.807) is 0 Å². The lowest BCUT2D eigenvalue weighted by Crippen LogP contribution is -2.29. The van der Waals surface area contributed by atoms with Crippen LogP contribution in [0.4, 0.5) is 0 Å². The van der Waals surface area contributed by atoms with Crippen LogP contribution in [0.1, 0.15) is 22.5 Å². The van der Waals surface area contributed by atoms with Crippen molar-refractivity contribution in [2.45, 2.75) is 5.41 Å². The van der Waals surface area contributed by atoms with Crippen molar-refractivity contribution in [3.05, 3.63) is 192 Å². The Morgan fingerprint density at radius 1 is 0.435 bits per heavy atom. The molecule has 0 saturated carbocycles. The molecule has 6 aromatic carbocycles. The number of para-hydroxylation sites is 2. The molecule has 0 amide bonds. The number of rotatable bonds is 5. The van der Waals surface area contributed by atoms with Crippen molar-refractivity contribution in [3.63, 3.8) is 0 Å². The molecule has 216 valence electrons. The number of aromatic nitrogens is 4. The molecule has 0 unspecified atom stereocenters. The van der Waals surface area contributed by atoms with Crippen LogP contribution in [0.5, 0.6) is 0 Å². The zero-order valence-corrected chi connectivity index (χ0v) is 25.0. The molecule has 0 fully saturated rings. The Hall–Kier alpha value is -6.13. The molecule has 0 spiro atoms. The van der Waals surface area contributed by atoms with Crippen molar-refractivity contribution in [1.29, 1.82) is 0 Å². The van der Waals surface area contributed by atoms with Crippen LogP contribution in [-0.2, 0) is 5.41 Å². The fourth-order valence-electron chi connectivity index (χ4n) is 7.01. The molecule has 4 heteroatoms. The summed E-state index contributed by atoms with van der Waals surface area (Å²) in [5, 5.41) is 0. The van der Waals surface area contributed by atoms with Crippen LogP contribution < -0.4 is 0 Å². The van der Waals surface area contributed by atoms with Gasteiger partial charge in [-0.2, -0.15) is 0 Å². The molecule has 0 bridgehead atoms. The molecule has 0 aliphatic carbocycles. The minimum Gasteiger partial charge on any atom is -0.295 e. The maximum Gasteiger partial charge on any atom is 0.160 e. The van der Waals surface area contributed by atoms with Crippen LogP contribution in [0.3, 0.4) is 0 Å². The second kappa shape index (κ2) is 10.5. The van der Waals surface area contributed by atoms with E-state index in [2.05, 4.69) is 162 Å². The fraction of sp³-hybridized carbons (Fsp3) is 0.0238. The van der Waals surface area contributed by atoms with Gasteiger partial charge in [0.1, 0.15) is 11.2 Å². The molecule has 0 radical (unpaired) electrons. The van der Waals surface area contributed by atoms with Crippen molar-refractivity contribution in [2.24, 2.45) is 0 Å². The van der Waals surface area contributed by atoms with E-state index >= 15 is 0 Å². The molecule has 0 atom stereocenters. The van der Waals surface area contributed by atoms with E-state index in [0.29, 0.717) is 5.82 Å². The summed E-state index contributed by atoms with van der Waals surface area (Å²) in [6.45, 7) is 0. The van der Waals surface area contributed by atoms with Gasteiger partial charge in [-0.05, 0) is 53.1 Å². The van der Waals surface area contributed by atoms with Crippen molar-refractivity contribution in [2.75, 3.05) is 0 Å². The van der Waals surface area contributed by atoms with Gasteiger partial charge in [0.25, 0.3) is 0 Å². The highest BCUT2D eigenvalue weighted by atomic mass is 15.1. The zero-order valence-electron chi connectivity index (χ0n) is 25.0. The summed E-state index contributed by atoms with van der Waals surface area (Å²) in [7, 11) is 0. The minimum absolute atomic E-state index is 0.647. The molecule has 3 heterocycles. The number of imidazole rings is 1. The smallest absolute Gasteiger partial charge is 0.160 e. The maximum atomic E-state index is 5.36. The van der Waals surface area contributed by atoms with E-state index < -0.39 is 5.41 Å². The van der Waals surface area contributed by atoms with Gasteiger partial charge in [0.05, 0.1) is 28.1 Å². The molecule has 46 heavy (non-hydrogen) atoms. The first-order valence-corrected chi connectivity index (χ1v) is 15.5. The van der Waals surface area contributed by atoms with Gasteiger partial charge in [-0.25, -0.2) is 15.0 Å². The molecule has 1 aliphatic heterocycles. The second-order valence-electron chi connectivity index (χ2n) is 11.7. The summed E-state index contributed by atoms with van der Waals surface area (Å²) in [5.74, 6) is 1.68. The molecule has 1 aliphatic rings. The van der Waals surface area contributed by atoms with Gasteiger partial charge in [-0.3, -0.25) is 4.57 Å². The van der Waals surface area contributed by atoms with E-state index in [-0.39, 0.29) is 0 Å². The first kappa shape index (κ1) is 26.3. The molecular weight excluding hydrogens is 560 g/mol. The van der Waals surface area contributed by atoms with Gasteiger partial charge >= 0.3 is 0 Å². The van der Waals surface area contributed by atoms with E-state index in [1.165, 1.54) is 0 Å². The van der Waals surface area contributed by atoms with Crippen molar-refractivity contribution in [3.8, 4) is 39.6 Å². The molecule has 0 saturated heterocycles. The molecule has 4 nitrogen and oxygen atoms in total. The molecule has 8 aromatic rings. The topological polar surface area (TPSA) is 43.6 Å².